The van der Waals surface area contributed by atoms with Gasteiger partial charge in [0, 0.05) is 24.1 Å². The van der Waals surface area contributed by atoms with Crippen molar-refractivity contribution in [1.82, 2.24) is 9.55 Å². The molecule has 4 aromatic rings. The van der Waals surface area contributed by atoms with Gasteiger partial charge >= 0.3 is 0 Å². The first-order valence-electron chi connectivity index (χ1n) is 12.8. The number of aliphatic hydroxyl groups is 1. The van der Waals surface area contributed by atoms with Gasteiger partial charge in [0.25, 0.3) is 5.56 Å². The van der Waals surface area contributed by atoms with Crippen molar-refractivity contribution in [1.29, 1.82) is 0 Å². The molecule has 3 aromatic carbocycles. The third-order valence-electron chi connectivity index (χ3n) is 8.37. The second-order valence-electron chi connectivity index (χ2n) is 10.4. The fraction of sp³-hybridized carbons (Fsp3) is 0.290. The van der Waals surface area contributed by atoms with Gasteiger partial charge in [0.2, 0.25) is 0 Å². The summed E-state index contributed by atoms with van der Waals surface area (Å²) in [6, 6.07) is 21.5. The molecule has 0 saturated heterocycles. The molecule has 186 valence electrons. The Morgan fingerprint density at radius 3 is 2.57 bits per heavy atom. The predicted octanol–water partition coefficient (Wildman–Crippen LogP) is 4.48. The normalized spacial score (nSPS) is 24.7. The van der Waals surface area contributed by atoms with Crippen LogP contribution in [0.15, 0.2) is 71.5 Å². The third-order valence-corrected chi connectivity index (χ3v) is 8.37. The van der Waals surface area contributed by atoms with Crippen LogP contribution in [0.4, 0.5) is 0 Å². The van der Waals surface area contributed by atoms with Gasteiger partial charge in [-0.15, -0.1) is 0 Å². The number of rotatable bonds is 3. The first kappa shape index (κ1) is 22.3. The third kappa shape index (κ3) is 2.68. The van der Waals surface area contributed by atoms with Crippen molar-refractivity contribution in [2.24, 2.45) is 0 Å². The Labute approximate surface area is 215 Å². The van der Waals surface area contributed by atoms with E-state index in [1.54, 1.807) is 11.7 Å². The van der Waals surface area contributed by atoms with Gasteiger partial charge in [0.1, 0.15) is 17.3 Å². The number of hydrogen-bond acceptors (Lipinski definition) is 5. The van der Waals surface area contributed by atoms with Crippen molar-refractivity contribution in [2.75, 3.05) is 7.11 Å². The van der Waals surface area contributed by atoms with Crippen molar-refractivity contribution >= 4 is 0 Å². The van der Waals surface area contributed by atoms with Crippen molar-refractivity contribution < 1.29 is 14.6 Å². The second-order valence-corrected chi connectivity index (χ2v) is 10.4. The summed E-state index contributed by atoms with van der Waals surface area (Å²) < 4.78 is 14.2. The molecule has 0 saturated carbocycles. The lowest BCUT2D eigenvalue weighted by atomic mass is 9.69. The quantitative estimate of drug-likeness (QED) is 0.456. The van der Waals surface area contributed by atoms with E-state index in [0.29, 0.717) is 41.3 Å². The van der Waals surface area contributed by atoms with Crippen LogP contribution in [0.5, 0.6) is 11.5 Å². The lowest BCUT2D eigenvalue weighted by Crippen LogP contribution is -2.49. The summed E-state index contributed by atoms with van der Waals surface area (Å²) in [5.74, 6) is 1.49. The minimum atomic E-state index is -1.66. The molecule has 6 heteroatoms. The molecular formula is C31H28N2O4. The molecular weight excluding hydrogens is 464 g/mol. The van der Waals surface area contributed by atoms with Crippen molar-refractivity contribution in [3.05, 3.63) is 122 Å². The first-order valence-corrected chi connectivity index (χ1v) is 12.8. The highest BCUT2D eigenvalue weighted by atomic mass is 16.5. The van der Waals surface area contributed by atoms with Gasteiger partial charge in [-0.2, -0.15) is 0 Å². The van der Waals surface area contributed by atoms with Crippen molar-refractivity contribution in [2.45, 2.75) is 50.4 Å². The molecule has 6 nitrogen and oxygen atoms in total. The van der Waals surface area contributed by atoms with Crippen molar-refractivity contribution in [3.8, 4) is 11.5 Å². The van der Waals surface area contributed by atoms with Crippen molar-refractivity contribution in [3.63, 3.8) is 0 Å². The molecule has 3 heterocycles. The lowest BCUT2D eigenvalue weighted by molar-refractivity contribution is -0.0907. The summed E-state index contributed by atoms with van der Waals surface area (Å²) in [6.07, 6.45) is 1.58. The lowest BCUT2D eigenvalue weighted by Gasteiger charge is -2.40. The Kier molecular flexibility index (Phi) is 4.56. The van der Waals surface area contributed by atoms with E-state index in [2.05, 4.69) is 6.07 Å². The van der Waals surface area contributed by atoms with E-state index < -0.39 is 17.1 Å². The molecule has 0 bridgehead atoms. The predicted molar refractivity (Wildman–Crippen MR) is 139 cm³/mol. The molecule has 3 atom stereocenters. The molecule has 1 N–H and O–H groups in total. The highest BCUT2D eigenvalue weighted by Gasteiger charge is 2.73. The molecule has 2 aliphatic heterocycles. The molecule has 0 radical (unpaired) electrons. The maximum Gasteiger partial charge on any atom is 0.257 e. The molecule has 0 spiro atoms. The highest BCUT2D eigenvalue weighted by molar-refractivity contribution is 5.66. The van der Waals surface area contributed by atoms with Crippen LogP contribution < -0.4 is 15.0 Å². The minimum absolute atomic E-state index is 0.0861. The molecule has 0 amide bonds. The number of fused-ring (bicyclic) bond motifs is 6. The Morgan fingerprint density at radius 2 is 1.84 bits per heavy atom. The molecule has 7 rings (SSSR count). The molecule has 0 unspecified atom stereocenters. The van der Waals surface area contributed by atoms with Gasteiger partial charge in [-0.3, -0.25) is 9.36 Å². The number of nitrogens with zero attached hydrogens (tertiary/aromatic N) is 2. The smallest absolute Gasteiger partial charge is 0.257 e. The number of aryl methyl sites for hydroxylation is 3. The van der Waals surface area contributed by atoms with Crippen LogP contribution in [0.2, 0.25) is 0 Å². The SMILES string of the molecule is COc1ccc([C@]23Oc4cc(C)cc(C)c4[C@@]2(O)c2nc4n(c(=O)c2[C@@H]3c2ccccc2)CCC4)cc1. The summed E-state index contributed by atoms with van der Waals surface area (Å²) in [6.45, 7) is 4.65. The van der Waals surface area contributed by atoms with Crippen LogP contribution in [-0.4, -0.2) is 21.8 Å². The summed E-state index contributed by atoms with van der Waals surface area (Å²) in [5.41, 5.74) is 2.16. The monoisotopic (exact) mass is 492 g/mol. The first-order chi connectivity index (χ1) is 17.9. The van der Waals surface area contributed by atoms with E-state index >= 15 is 0 Å². The molecule has 1 aromatic heterocycles. The summed E-state index contributed by atoms with van der Waals surface area (Å²) >= 11 is 0. The van der Waals surface area contributed by atoms with Gasteiger partial charge in [-0.05, 0) is 55.2 Å². The molecule has 37 heavy (non-hydrogen) atoms. The molecule has 3 aliphatic rings. The Balaban J connectivity index is 1.65. The van der Waals surface area contributed by atoms with E-state index in [-0.39, 0.29) is 5.56 Å². The van der Waals surface area contributed by atoms with Gasteiger partial charge in [-0.1, -0.05) is 48.5 Å². The fourth-order valence-corrected chi connectivity index (χ4v) is 6.96. The average molecular weight is 493 g/mol. The summed E-state index contributed by atoms with van der Waals surface area (Å²) in [5, 5.41) is 13.2. The molecule has 1 aliphatic carbocycles. The Morgan fingerprint density at radius 1 is 1.08 bits per heavy atom. The maximum atomic E-state index is 14.2. The largest absolute Gasteiger partial charge is 0.497 e. The van der Waals surface area contributed by atoms with Crippen LogP contribution in [0.25, 0.3) is 0 Å². The van der Waals surface area contributed by atoms with Crippen LogP contribution in [-0.2, 0) is 24.2 Å². The van der Waals surface area contributed by atoms with E-state index in [4.69, 9.17) is 14.5 Å². The fourth-order valence-electron chi connectivity index (χ4n) is 6.96. The number of aromatic nitrogens is 2. The number of hydrogen-bond donors (Lipinski definition) is 1. The van der Waals surface area contributed by atoms with Crippen LogP contribution in [0, 0.1) is 13.8 Å². The Hall–Kier alpha value is -3.90. The zero-order chi connectivity index (χ0) is 25.5. The van der Waals surface area contributed by atoms with Crippen LogP contribution in [0.1, 0.15) is 57.2 Å². The van der Waals surface area contributed by atoms with Gasteiger partial charge < -0.3 is 14.6 Å². The molecule has 0 fully saturated rings. The standard InChI is InChI=1S/C31H28N2O4/c1-18-16-19(2)26-23(17-18)37-31(21-11-13-22(36-3)14-12-21)27(20-8-5-4-6-9-20)25-28(30(26,31)35)32-24-10-7-15-33(24)29(25)34/h4-6,8-9,11-14,16-17,27,35H,7,10,15H2,1-3H3/t27-,30+,31+/m0/s1. The maximum absolute atomic E-state index is 14.2. The number of benzene rings is 3. The minimum Gasteiger partial charge on any atom is -0.497 e. The van der Waals surface area contributed by atoms with Crippen LogP contribution in [0.3, 0.4) is 0 Å². The Bertz CT molecular complexity index is 1630. The van der Waals surface area contributed by atoms with Crippen LogP contribution >= 0.6 is 0 Å². The van der Waals surface area contributed by atoms with E-state index in [1.165, 1.54) is 0 Å². The zero-order valence-electron chi connectivity index (χ0n) is 21.1. The van der Waals surface area contributed by atoms with E-state index in [1.807, 2.05) is 74.5 Å². The zero-order valence-corrected chi connectivity index (χ0v) is 21.1. The number of methoxy groups -OCH3 is 1. The average Bonchev–Trinajstić information content (AvgIpc) is 3.53. The van der Waals surface area contributed by atoms with Gasteiger partial charge in [0.15, 0.2) is 11.2 Å². The topological polar surface area (TPSA) is 73.6 Å². The van der Waals surface area contributed by atoms with E-state index in [9.17, 15) is 9.90 Å². The highest BCUT2D eigenvalue weighted by Crippen LogP contribution is 2.68. The summed E-state index contributed by atoms with van der Waals surface area (Å²) in [7, 11) is 1.63. The second kappa shape index (κ2) is 7.56. The number of ether oxygens (including phenoxy) is 2. The van der Waals surface area contributed by atoms with Gasteiger partial charge in [0.05, 0.1) is 24.3 Å². The summed E-state index contributed by atoms with van der Waals surface area (Å²) in [4.78, 5) is 19.2. The van der Waals surface area contributed by atoms with Gasteiger partial charge in [-0.25, -0.2) is 4.98 Å². The van der Waals surface area contributed by atoms with E-state index in [0.717, 1.165) is 34.5 Å².